The molecule has 0 aliphatic heterocycles. The third kappa shape index (κ3) is 2.27. The molecule has 0 fully saturated rings. The molecule has 6 nitrogen and oxygen atoms in total. The lowest BCUT2D eigenvalue weighted by Gasteiger charge is -2.12. The Kier molecular flexibility index (Phi) is 4.09. The number of hydrogen-bond donors (Lipinski definition) is 3. The second kappa shape index (κ2) is 4.96. The van der Waals surface area contributed by atoms with Gasteiger partial charge in [0.15, 0.2) is 0 Å². The molecular weight excluding hydrogens is 303 g/mol. The summed E-state index contributed by atoms with van der Waals surface area (Å²) in [5.41, 5.74) is 5.16. The van der Waals surface area contributed by atoms with Crippen LogP contribution in [0, 0.1) is 10.1 Å². The molecule has 16 heavy (non-hydrogen) atoms. The topological polar surface area (TPSA) is 110 Å². The van der Waals surface area contributed by atoms with E-state index in [1.807, 2.05) is 0 Å². The van der Waals surface area contributed by atoms with Crippen LogP contribution in [-0.4, -0.2) is 21.7 Å². The average Bonchev–Trinajstić information content (AvgIpc) is 2.25. The number of halogens is 2. The maximum atomic E-state index is 10.7. The number of nitrogens with zero attached hydrogens (tertiary/aromatic N) is 1. The van der Waals surface area contributed by atoms with Crippen LogP contribution in [0.2, 0.25) is 5.02 Å². The molecule has 4 N–H and O–H groups in total. The summed E-state index contributed by atoms with van der Waals surface area (Å²) < 4.78 is -0.0118. The molecule has 0 amide bonds. The maximum Gasteiger partial charge on any atom is 0.289 e. The lowest BCUT2D eigenvalue weighted by Crippen LogP contribution is -2.15. The van der Waals surface area contributed by atoms with Gasteiger partial charge in [-0.25, -0.2) is 0 Å². The predicted octanol–water partition coefficient (Wildman–Crippen LogP) is 1.71. The van der Waals surface area contributed by atoms with Gasteiger partial charge in [0.05, 0.1) is 22.0 Å². The lowest BCUT2D eigenvalue weighted by atomic mass is 10.1. The fourth-order valence-corrected chi connectivity index (χ4v) is 1.78. The summed E-state index contributed by atoms with van der Waals surface area (Å²) in [5.74, 6) is -0.308. The van der Waals surface area contributed by atoms with Gasteiger partial charge in [0.1, 0.15) is 10.8 Å². The first kappa shape index (κ1) is 13.2. The highest BCUT2D eigenvalue weighted by Crippen LogP contribution is 2.42. The van der Waals surface area contributed by atoms with Gasteiger partial charge in [0.2, 0.25) is 0 Å². The first-order valence-electron chi connectivity index (χ1n) is 4.11. The number of rotatable bonds is 3. The highest BCUT2D eigenvalue weighted by atomic mass is 79.9. The van der Waals surface area contributed by atoms with Gasteiger partial charge in [-0.2, -0.15) is 0 Å². The Morgan fingerprint density at radius 1 is 1.69 bits per heavy atom. The predicted molar refractivity (Wildman–Crippen MR) is 61.5 cm³/mol. The summed E-state index contributed by atoms with van der Waals surface area (Å²) >= 11 is 8.58. The molecule has 0 saturated heterocycles. The van der Waals surface area contributed by atoms with Crippen molar-refractivity contribution in [2.24, 2.45) is 5.73 Å². The Hall–Kier alpha value is -0.890. The molecule has 0 saturated carbocycles. The van der Waals surface area contributed by atoms with Gasteiger partial charge in [0.25, 0.3) is 5.69 Å². The average molecular weight is 312 g/mol. The Balaban J connectivity index is 3.47. The van der Waals surface area contributed by atoms with Gasteiger partial charge in [-0.15, -0.1) is 0 Å². The third-order valence-corrected chi connectivity index (χ3v) is 3.37. The Bertz CT molecular complexity index is 441. The summed E-state index contributed by atoms with van der Waals surface area (Å²) in [5, 5.41) is 28.9. The van der Waals surface area contributed by atoms with E-state index in [1.54, 1.807) is 0 Å². The first-order valence-corrected chi connectivity index (χ1v) is 5.29. The van der Waals surface area contributed by atoms with Gasteiger partial charge in [0, 0.05) is 11.6 Å². The fraction of sp³-hybridized carbons (Fsp3) is 0.250. The van der Waals surface area contributed by atoms with E-state index in [9.17, 15) is 15.2 Å². The third-order valence-electron chi connectivity index (χ3n) is 1.98. The number of aromatic hydroxyl groups is 1. The summed E-state index contributed by atoms with van der Waals surface area (Å²) in [6.07, 6.45) is 0. The molecular formula is C8H8BrClN2O4. The number of hydrogen-bond acceptors (Lipinski definition) is 5. The molecule has 0 aromatic heterocycles. The molecule has 0 aliphatic rings. The number of nitro groups is 1. The summed E-state index contributed by atoms with van der Waals surface area (Å²) in [7, 11) is 0. The van der Waals surface area contributed by atoms with Crippen molar-refractivity contribution in [3.05, 3.63) is 31.2 Å². The number of nitrogens with two attached hydrogens (primary N) is 1. The van der Waals surface area contributed by atoms with Crippen molar-refractivity contribution in [1.82, 2.24) is 0 Å². The molecule has 8 heteroatoms. The number of aliphatic hydroxyl groups is 1. The number of aliphatic hydroxyl groups excluding tert-OH is 1. The minimum atomic E-state index is -0.910. The smallest absolute Gasteiger partial charge is 0.289 e. The summed E-state index contributed by atoms with van der Waals surface area (Å²) in [4.78, 5) is 9.97. The van der Waals surface area contributed by atoms with Gasteiger partial charge in [-0.05, 0) is 15.9 Å². The zero-order chi connectivity index (χ0) is 12.5. The van der Waals surface area contributed by atoms with E-state index in [0.29, 0.717) is 0 Å². The summed E-state index contributed by atoms with van der Waals surface area (Å²) in [6.45, 7) is -0.446. The molecule has 0 radical (unpaired) electrons. The molecule has 0 unspecified atom stereocenters. The van der Waals surface area contributed by atoms with Gasteiger partial charge < -0.3 is 15.9 Å². The fourth-order valence-electron chi connectivity index (χ4n) is 1.14. The quantitative estimate of drug-likeness (QED) is 0.581. The standard InChI is InChI=1S/C8H8BrClN2O4/c9-6-7(10)5(12(15)16)1-3(8(6)14)4(11)2-13/h1,4,13-14H,2,11H2/t4-/m0/s1. The second-order valence-electron chi connectivity index (χ2n) is 3.01. The molecule has 1 aromatic carbocycles. The van der Waals surface area contributed by atoms with Crippen LogP contribution < -0.4 is 5.73 Å². The minimum absolute atomic E-state index is 0.0118. The molecule has 0 aliphatic carbocycles. The molecule has 0 spiro atoms. The monoisotopic (exact) mass is 310 g/mol. The number of nitro benzene ring substituents is 1. The van der Waals surface area contributed by atoms with Crippen LogP contribution in [0.15, 0.2) is 10.5 Å². The van der Waals surface area contributed by atoms with Gasteiger partial charge >= 0.3 is 0 Å². The molecule has 1 aromatic rings. The van der Waals surface area contributed by atoms with Crippen molar-refractivity contribution in [3.8, 4) is 5.75 Å². The first-order chi connectivity index (χ1) is 7.40. The Morgan fingerprint density at radius 3 is 2.69 bits per heavy atom. The van der Waals surface area contributed by atoms with Gasteiger partial charge in [-0.1, -0.05) is 11.6 Å². The van der Waals surface area contributed by atoms with Crippen LogP contribution >= 0.6 is 27.5 Å². The van der Waals surface area contributed by atoms with Crippen molar-refractivity contribution in [3.63, 3.8) is 0 Å². The van der Waals surface area contributed by atoms with E-state index >= 15 is 0 Å². The van der Waals surface area contributed by atoms with E-state index < -0.39 is 17.6 Å². The molecule has 1 rings (SSSR count). The molecule has 1 atom stereocenters. The molecule has 0 bridgehead atoms. The largest absolute Gasteiger partial charge is 0.506 e. The molecule has 0 heterocycles. The van der Waals surface area contributed by atoms with Crippen LogP contribution in [-0.2, 0) is 0 Å². The zero-order valence-electron chi connectivity index (χ0n) is 7.85. The minimum Gasteiger partial charge on any atom is -0.506 e. The zero-order valence-corrected chi connectivity index (χ0v) is 10.2. The van der Waals surface area contributed by atoms with Gasteiger partial charge in [-0.3, -0.25) is 10.1 Å². The second-order valence-corrected chi connectivity index (χ2v) is 4.18. The van der Waals surface area contributed by atoms with Crippen LogP contribution in [0.3, 0.4) is 0 Å². The number of phenols is 1. The Morgan fingerprint density at radius 2 is 2.25 bits per heavy atom. The normalized spacial score (nSPS) is 12.5. The van der Waals surface area contributed by atoms with Crippen molar-refractivity contribution < 1.29 is 15.1 Å². The number of benzene rings is 1. The highest BCUT2D eigenvalue weighted by Gasteiger charge is 2.24. The van der Waals surface area contributed by atoms with Crippen molar-refractivity contribution in [2.75, 3.05) is 6.61 Å². The highest BCUT2D eigenvalue weighted by molar-refractivity contribution is 9.10. The van der Waals surface area contributed by atoms with E-state index in [1.165, 1.54) is 0 Å². The van der Waals surface area contributed by atoms with E-state index in [-0.39, 0.29) is 26.5 Å². The van der Waals surface area contributed by atoms with E-state index in [4.69, 9.17) is 22.4 Å². The van der Waals surface area contributed by atoms with Crippen LogP contribution in [0.4, 0.5) is 5.69 Å². The SMILES string of the molecule is N[C@@H](CO)c1cc([N+](=O)[O-])c(Cl)c(Br)c1O. The lowest BCUT2D eigenvalue weighted by molar-refractivity contribution is -0.384. The van der Waals surface area contributed by atoms with Crippen molar-refractivity contribution >= 4 is 33.2 Å². The maximum absolute atomic E-state index is 10.7. The van der Waals surface area contributed by atoms with Crippen LogP contribution in [0.5, 0.6) is 5.75 Å². The van der Waals surface area contributed by atoms with E-state index in [2.05, 4.69) is 15.9 Å². The van der Waals surface area contributed by atoms with E-state index in [0.717, 1.165) is 6.07 Å². The van der Waals surface area contributed by atoms with Crippen LogP contribution in [0.1, 0.15) is 11.6 Å². The Labute approximate surface area is 104 Å². The summed E-state index contributed by atoms with van der Waals surface area (Å²) in [6, 6.07) is 0.135. The molecule has 88 valence electrons. The van der Waals surface area contributed by atoms with Crippen molar-refractivity contribution in [2.45, 2.75) is 6.04 Å². The van der Waals surface area contributed by atoms with Crippen molar-refractivity contribution in [1.29, 1.82) is 0 Å². The number of phenolic OH excluding ortho intramolecular Hbond substituents is 1. The van der Waals surface area contributed by atoms with Crippen LogP contribution in [0.25, 0.3) is 0 Å².